The van der Waals surface area contributed by atoms with Crippen molar-refractivity contribution in [3.05, 3.63) is 35.4 Å². The predicted molar refractivity (Wildman–Crippen MR) is 85.2 cm³/mol. The lowest BCUT2D eigenvalue weighted by Gasteiger charge is -2.18. The molecule has 0 heterocycles. The maximum atomic E-state index is 12.1. The largest absolute Gasteiger partial charge is 0.314 e. The van der Waals surface area contributed by atoms with Crippen LogP contribution in [0.5, 0.6) is 0 Å². The van der Waals surface area contributed by atoms with Crippen molar-refractivity contribution in [1.29, 1.82) is 0 Å². The summed E-state index contributed by atoms with van der Waals surface area (Å²) < 4.78 is 28.3. The molecule has 0 spiro atoms. The Morgan fingerprint density at radius 3 is 2.76 bits per heavy atom. The highest BCUT2D eigenvalue weighted by Gasteiger charge is 2.20. The number of hydrogen-bond donors (Lipinski definition) is 2. The molecular weight excluding hydrogens is 286 g/mol. The number of hydrogen-bond acceptors (Lipinski definition) is 3. The van der Waals surface area contributed by atoms with Crippen LogP contribution in [0.1, 0.15) is 30.4 Å². The third-order valence-electron chi connectivity index (χ3n) is 3.61. The van der Waals surface area contributed by atoms with E-state index in [9.17, 15) is 8.42 Å². The molecule has 0 aromatic heterocycles. The lowest BCUT2D eigenvalue weighted by Crippen LogP contribution is -2.39. The SMILES string of the molecule is Cc1cccc(CNS(=O)(=O)N(C)CCCNC2CC2)c1. The molecule has 0 atom stereocenters. The monoisotopic (exact) mass is 311 g/mol. The second-order valence-corrected chi connectivity index (χ2v) is 7.58. The van der Waals surface area contributed by atoms with Crippen molar-refractivity contribution in [2.75, 3.05) is 20.1 Å². The Hall–Kier alpha value is -0.950. The zero-order valence-corrected chi connectivity index (χ0v) is 13.6. The molecule has 6 heteroatoms. The van der Waals surface area contributed by atoms with E-state index in [1.165, 1.54) is 17.1 Å². The molecule has 1 aromatic rings. The summed E-state index contributed by atoms with van der Waals surface area (Å²) in [4.78, 5) is 0. The predicted octanol–water partition coefficient (Wildman–Crippen LogP) is 1.40. The van der Waals surface area contributed by atoms with Crippen molar-refractivity contribution in [1.82, 2.24) is 14.3 Å². The van der Waals surface area contributed by atoms with Gasteiger partial charge in [-0.05, 0) is 38.3 Å². The van der Waals surface area contributed by atoms with Crippen molar-refractivity contribution in [3.8, 4) is 0 Å². The molecule has 0 aliphatic heterocycles. The van der Waals surface area contributed by atoms with E-state index in [2.05, 4.69) is 10.0 Å². The molecule has 1 aliphatic rings. The zero-order valence-electron chi connectivity index (χ0n) is 12.8. The number of benzene rings is 1. The van der Waals surface area contributed by atoms with E-state index < -0.39 is 10.2 Å². The molecule has 0 saturated heterocycles. The van der Waals surface area contributed by atoms with Crippen molar-refractivity contribution >= 4 is 10.2 Å². The molecule has 1 saturated carbocycles. The van der Waals surface area contributed by atoms with E-state index in [4.69, 9.17) is 0 Å². The van der Waals surface area contributed by atoms with Gasteiger partial charge >= 0.3 is 0 Å². The molecule has 1 aromatic carbocycles. The summed E-state index contributed by atoms with van der Waals surface area (Å²) in [6.45, 7) is 3.73. The summed E-state index contributed by atoms with van der Waals surface area (Å²) in [5.41, 5.74) is 2.11. The number of aryl methyl sites for hydroxylation is 1. The second-order valence-electron chi connectivity index (χ2n) is 5.72. The fourth-order valence-electron chi connectivity index (χ4n) is 2.12. The Labute approximate surface area is 127 Å². The minimum Gasteiger partial charge on any atom is -0.314 e. The van der Waals surface area contributed by atoms with E-state index in [0.29, 0.717) is 19.1 Å². The summed E-state index contributed by atoms with van der Waals surface area (Å²) in [6.07, 6.45) is 3.34. The first-order valence-corrected chi connectivity index (χ1v) is 8.91. The first kappa shape index (κ1) is 16.4. The van der Waals surface area contributed by atoms with Crippen LogP contribution in [-0.2, 0) is 16.8 Å². The highest BCUT2D eigenvalue weighted by Crippen LogP contribution is 2.18. The van der Waals surface area contributed by atoms with Crippen LogP contribution in [0.4, 0.5) is 0 Å². The van der Waals surface area contributed by atoms with E-state index >= 15 is 0 Å². The smallest absolute Gasteiger partial charge is 0.279 e. The normalized spacial score (nSPS) is 15.6. The van der Waals surface area contributed by atoms with Gasteiger partial charge in [-0.3, -0.25) is 0 Å². The molecular formula is C15H25N3O2S. The first-order valence-electron chi connectivity index (χ1n) is 7.47. The lowest BCUT2D eigenvalue weighted by molar-refractivity contribution is 0.444. The maximum absolute atomic E-state index is 12.1. The molecule has 5 nitrogen and oxygen atoms in total. The van der Waals surface area contributed by atoms with Gasteiger partial charge < -0.3 is 5.32 Å². The van der Waals surface area contributed by atoms with Gasteiger partial charge in [-0.15, -0.1) is 0 Å². The van der Waals surface area contributed by atoms with Crippen LogP contribution in [0, 0.1) is 6.92 Å². The molecule has 0 radical (unpaired) electrons. The highest BCUT2D eigenvalue weighted by atomic mass is 32.2. The van der Waals surface area contributed by atoms with Gasteiger partial charge in [-0.1, -0.05) is 29.8 Å². The fraction of sp³-hybridized carbons (Fsp3) is 0.600. The zero-order chi connectivity index (χ0) is 15.3. The van der Waals surface area contributed by atoms with Gasteiger partial charge in [0.05, 0.1) is 0 Å². The average Bonchev–Trinajstić information content (AvgIpc) is 3.25. The Morgan fingerprint density at radius 1 is 1.33 bits per heavy atom. The van der Waals surface area contributed by atoms with Crippen molar-refractivity contribution in [2.24, 2.45) is 0 Å². The van der Waals surface area contributed by atoms with Crippen LogP contribution in [0.2, 0.25) is 0 Å². The van der Waals surface area contributed by atoms with Crippen LogP contribution in [-0.4, -0.2) is 38.9 Å². The van der Waals surface area contributed by atoms with Gasteiger partial charge in [0.15, 0.2) is 0 Å². The van der Waals surface area contributed by atoms with Crippen molar-refractivity contribution in [3.63, 3.8) is 0 Å². The summed E-state index contributed by atoms with van der Waals surface area (Å²) in [5, 5.41) is 3.39. The minimum absolute atomic E-state index is 0.328. The van der Waals surface area contributed by atoms with Gasteiger partial charge in [0.1, 0.15) is 0 Å². The molecule has 2 rings (SSSR count). The highest BCUT2D eigenvalue weighted by molar-refractivity contribution is 7.87. The number of nitrogens with zero attached hydrogens (tertiary/aromatic N) is 1. The van der Waals surface area contributed by atoms with E-state index in [-0.39, 0.29) is 0 Å². The van der Waals surface area contributed by atoms with Crippen LogP contribution in [0.25, 0.3) is 0 Å². The molecule has 0 amide bonds. The van der Waals surface area contributed by atoms with Gasteiger partial charge in [-0.25, -0.2) is 0 Å². The van der Waals surface area contributed by atoms with Crippen molar-refractivity contribution < 1.29 is 8.42 Å². The number of nitrogens with one attached hydrogen (secondary N) is 2. The van der Waals surface area contributed by atoms with Crippen LogP contribution in [0.3, 0.4) is 0 Å². The van der Waals surface area contributed by atoms with E-state index in [1.807, 2.05) is 31.2 Å². The summed E-state index contributed by atoms with van der Waals surface area (Å²) in [6, 6.07) is 8.52. The Bertz CT molecular complexity index is 556. The molecule has 1 aliphatic carbocycles. The topological polar surface area (TPSA) is 61.4 Å². The Kier molecular flexibility index (Phi) is 5.75. The van der Waals surface area contributed by atoms with Gasteiger partial charge in [-0.2, -0.15) is 17.4 Å². The average molecular weight is 311 g/mol. The quantitative estimate of drug-likeness (QED) is 0.678. The molecule has 0 bridgehead atoms. The van der Waals surface area contributed by atoms with Gasteiger partial charge in [0, 0.05) is 26.2 Å². The molecule has 1 fully saturated rings. The van der Waals surface area contributed by atoms with E-state index in [1.54, 1.807) is 7.05 Å². The Balaban J connectivity index is 1.73. The van der Waals surface area contributed by atoms with Gasteiger partial charge in [0.2, 0.25) is 0 Å². The minimum atomic E-state index is -3.40. The second kappa shape index (κ2) is 7.35. The first-order chi connectivity index (χ1) is 9.97. The summed E-state index contributed by atoms with van der Waals surface area (Å²) in [7, 11) is -1.78. The summed E-state index contributed by atoms with van der Waals surface area (Å²) in [5.74, 6) is 0. The molecule has 21 heavy (non-hydrogen) atoms. The maximum Gasteiger partial charge on any atom is 0.279 e. The Morgan fingerprint density at radius 2 is 2.10 bits per heavy atom. The standard InChI is InChI=1S/C15H25N3O2S/c1-13-5-3-6-14(11-13)12-17-21(19,20)18(2)10-4-9-16-15-7-8-15/h3,5-6,11,15-17H,4,7-10,12H2,1-2H3. The molecule has 0 unspecified atom stereocenters. The molecule has 2 N–H and O–H groups in total. The third kappa shape index (κ3) is 5.74. The van der Waals surface area contributed by atoms with E-state index in [0.717, 1.165) is 24.1 Å². The summed E-state index contributed by atoms with van der Waals surface area (Å²) >= 11 is 0. The van der Waals surface area contributed by atoms with Crippen LogP contribution < -0.4 is 10.0 Å². The van der Waals surface area contributed by atoms with Crippen LogP contribution in [0.15, 0.2) is 24.3 Å². The number of rotatable bonds is 9. The fourth-order valence-corrected chi connectivity index (χ4v) is 3.06. The lowest BCUT2D eigenvalue weighted by atomic mass is 10.1. The van der Waals surface area contributed by atoms with Gasteiger partial charge in [0.25, 0.3) is 10.2 Å². The third-order valence-corrected chi connectivity index (χ3v) is 5.12. The molecule has 118 valence electrons. The van der Waals surface area contributed by atoms with Crippen LogP contribution >= 0.6 is 0 Å². The van der Waals surface area contributed by atoms with Crippen molar-refractivity contribution in [2.45, 2.75) is 38.8 Å².